The van der Waals surface area contributed by atoms with E-state index in [-0.39, 0.29) is 0 Å². The van der Waals surface area contributed by atoms with Gasteiger partial charge in [0.1, 0.15) is 5.75 Å². The van der Waals surface area contributed by atoms with Gasteiger partial charge in [0, 0.05) is 11.4 Å². The lowest BCUT2D eigenvalue weighted by atomic mass is 9.88. The number of H-pyrrole nitrogens is 1. The zero-order chi connectivity index (χ0) is 15.4. The van der Waals surface area contributed by atoms with Crippen LogP contribution < -0.4 is 4.74 Å². The van der Waals surface area contributed by atoms with Gasteiger partial charge in [0.05, 0.1) is 19.0 Å². The molecule has 0 saturated heterocycles. The number of ether oxygens (including phenoxy) is 1. The van der Waals surface area contributed by atoms with Crippen molar-refractivity contribution >= 4 is 11.6 Å². The molecule has 0 radical (unpaired) electrons. The molecular formula is C16H22ClN3O. The van der Waals surface area contributed by atoms with Crippen LogP contribution in [0.3, 0.4) is 0 Å². The molecule has 21 heavy (non-hydrogen) atoms. The average molecular weight is 308 g/mol. The molecule has 1 aromatic heterocycles. The number of methoxy groups -OCH3 is 1. The summed E-state index contributed by atoms with van der Waals surface area (Å²) in [5.41, 5.74) is 3.26. The van der Waals surface area contributed by atoms with E-state index in [0.29, 0.717) is 11.8 Å². The van der Waals surface area contributed by atoms with Crippen LogP contribution in [0.15, 0.2) is 18.3 Å². The SMILES string of the molecule is CCC(Cc1cn[nH]n1)c1cc(Cl)cc(C(C)C)c1OC. The molecule has 0 aliphatic heterocycles. The molecule has 114 valence electrons. The second-order valence-corrected chi connectivity index (χ2v) is 5.98. The quantitative estimate of drug-likeness (QED) is 0.864. The molecule has 0 aliphatic carbocycles. The Labute approximate surface area is 130 Å². The van der Waals surface area contributed by atoms with Gasteiger partial charge in [-0.15, -0.1) is 0 Å². The van der Waals surface area contributed by atoms with E-state index in [1.807, 2.05) is 12.1 Å². The van der Waals surface area contributed by atoms with E-state index in [9.17, 15) is 0 Å². The van der Waals surface area contributed by atoms with Gasteiger partial charge < -0.3 is 4.74 Å². The maximum atomic E-state index is 6.32. The van der Waals surface area contributed by atoms with E-state index >= 15 is 0 Å². The summed E-state index contributed by atoms with van der Waals surface area (Å²) in [6.45, 7) is 6.47. The summed E-state index contributed by atoms with van der Waals surface area (Å²) in [6.07, 6.45) is 3.57. The molecule has 0 amide bonds. The Balaban J connectivity index is 2.44. The molecule has 0 aliphatic rings. The largest absolute Gasteiger partial charge is 0.496 e. The summed E-state index contributed by atoms with van der Waals surface area (Å²) < 4.78 is 5.69. The van der Waals surface area contributed by atoms with Crippen LogP contribution in [0.2, 0.25) is 5.02 Å². The first-order valence-electron chi connectivity index (χ1n) is 7.28. The lowest BCUT2D eigenvalue weighted by Crippen LogP contribution is -2.07. The Morgan fingerprint density at radius 2 is 2.00 bits per heavy atom. The van der Waals surface area contributed by atoms with Crippen molar-refractivity contribution in [2.75, 3.05) is 7.11 Å². The predicted molar refractivity (Wildman–Crippen MR) is 85.2 cm³/mol. The van der Waals surface area contributed by atoms with Crippen molar-refractivity contribution in [2.45, 2.75) is 45.4 Å². The number of rotatable bonds is 6. The predicted octanol–water partition coefficient (Wildman–Crippen LogP) is 4.33. The number of benzene rings is 1. The number of nitrogens with one attached hydrogen (secondary N) is 1. The fraction of sp³-hybridized carbons (Fsp3) is 0.500. The van der Waals surface area contributed by atoms with Crippen molar-refractivity contribution in [1.29, 1.82) is 0 Å². The highest BCUT2D eigenvalue weighted by Crippen LogP contribution is 2.39. The van der Waals surface area contributed by atoms with Gasteiger partial charge in [0.15, 0.2) is 0 Å². The first-order chi connectivity index (χ1) is 10.1. The first-order valence-corrected chi connectivity index (χ1v) is 7.66. The van der Waals surface area contributed by atoms with E-state index in [0.717, 1.165) is 40.4 Å². The van der Waals surface area contributed by atoms with Gasteiger partial charge in [0.2, 0.25) is 0 Å². The van der Waals surface area contributed by atoms with Crippen molar-refractivity contribution in [3.05, 3.63) is 40.2 Å². The van der Waals surface area contributed by atoms with Crippen LogP contribution in [0.4, 0.5) is 0 Å². The topological polar surface area (TPSA) is 50.8 Å². The zero-order valence-electron chi connectivity index (χ0n) is 13.0. The molecule has 5 heteroatoms. The summed E-state index contributed by atoms with van der Waals surface area (Å²) in [7, 11) is 1.72. The van der Waals surface area contributed by atoms with Crippen molar-refractivity contribution in [3.8, 4) is 5.75 Å². The van der Waals surface area contributed by atoms with E-state index < -0.39 is 0 Å². The number of aromatic nitrogens is 3. The van der Waals surface area contributed by atoms with Crippen molar-refractivity contribution in [2.24, 2.45) is 0 Å². The van der Waals surface area contributed by atoms with Gasteiger partial charge in [-0.1, -0.05) is 32.4 Å². The van der Waals surface area contributed by atoms with Gasteiger partial charge in [-0.2, -0.15) is 15.4 Å². The molecule has 0 saturated carbocycles. The molecule has 0 bridgehead atoms. The highest BCUT2D eigenvalue weighted by Gasteiger charge is 2.21. The summed E-state index contributed by atoms with van der Waals surface area (Å²) >= 11 is 6.32. The van der Waals surface area contributed by atoms with E-state index in [2.05, 4.69) is 36.2 Å². The maximum Gasteiger partial charge on any atom is 0.125 e. The van der Waals surface area contributed by atoms with Crippen LogP contribution in [-0.2, 0) is 6.42 Å². The molecule has 1 aromatic carbocycles. The maximum absolute atomic E-state index is 6.32. The summed E-state index contributed by atoms with van der Waals surface area (Å²) in [5.74, 6) is 1.62. The summed E-state index contributed by atoms with van der Waals surface area (Å²) in [5, 5.41) is 11.5. The van der Waals surface area contributed by atoms with E-state index in [1.165, 1.54) is 0 Å². The standard InChI is InChI=1S/C16H22ClN3O/c1-5-11(6-13-9-18-20-19-13)15-8-12(17)7-14(10(2)3)16(15)21-4/h7-11H,5-6H2,1-4H3,(H,18,19,20). The lowest BCUT2D eigenvalue weighted by Gasteiger charge is -2.22. The molecule has 1 N–H and O–H groups in total. The fourth-order valence-corrected chi connectivity index (χ4v) is 2.89. The van der Waals surface area contributed by atoms with Crippen LogP contribution >= 0.6 is 11.6 Å². The van der Waals surface area contributed by atoms with Gasteiger partial charge in [-0.3, -0.25) is 0 Å². The smallest absolute Gasteiger partial charge is 0.125 e. The molecule has 1 atom stereocenters. The van der Waals surface area contributed by atoms with Gasteiger partial charge in [0.25, 0.3) is 0 Å². The van der Waals surface area contributed by atoms with Crippen LogP contribution in [0.1, 0.15) is 55.8 Å². The minimum atomic E-state index is 0.307. The number of hydrogen-bond donors (Lipinski definition) is 1. The van der Waals surface area contributed by atoms with Crippen molar-refractivity contribution < 1.29 is 4.74 Å². The molecule has 2 aromatic rings. The third kappa shape index (κ3) is 3.56. The van der Waals surface area contributed by atoms with Crippen molar-refractivity contribution in [1.82, 2.24) is 15.4 Å². The molecule has 1 heterocycles. The first kappa shape index (κ1) is 15.8. The Kier molecular flexibility index (Phi) is 5.23. The second-order valence-electron chi connectivity index (χ2n) is 5.54. The van der Waals surface area contributed by atoms with Gasteiger partial charge in [-0.25, -0.2) is 0 Å². The summed E-state index contributed by atoms with van der Waals surface area (Å²) in [4.78, 5) is 0. The molecular weight excluding hydrogens is 286 g/mol. The highest BCUT2D eigenvalue weighted by atomic mass is 35.5. The molecule has 4 nitrogen and oxygen atoms in total. The van der Waals surface area contributed by atoms with Gasteiger partial charge in [-0.05, 0) is 41.5 Å². The zero-order valence-corrected chi connectivity index (χ0v) is 13.7. The molecule has 0 spiro atoms. The van der Waals surface area contributed by atoms with Crippen LogP contribution in [0.5, 0.6) is 5.75 Å². The molecule has 0 fully saturated rings. The second kappa shape index (κ2) is 6.94. The number of aromatic amines is 1. The van der Waals surface area contributed by atoms with E-state index in [4.69, 9.17) is 16.3 Å². The number of nitrogens with zero attached hydrogens (tertiary/aromatic N) is 2. The Bertz CT molecular complexity index is 581. The van der Waals surface area contributed by atoms with Crippen LogP contribution in [-0.4, -0.2) is 22.5 Å². The van der Waals surface area contributed by atoms with E-state index in [1.54, 1.807) is 13.3 Å². The Hall–Kier alpha value is -1.55. The highest BCUT2D eigenvalue weighted by molar-refractivity contribution is 6.30. The van der Waals surface area contributed by atoms with Crippen LogP contribution in [0, 0.1) is 0 Å². The Morgan fingerprint density at radius 1 is 1.29 bits per heavy atom. The number of hydrogen-bond acceptors (Lipinski definition) is 3. The molecule has 1 unspecified atom stereocenters. The van der Waals surface area contributed by atoms with Gasteiger partial charge >= 0.3 is 0 Å². The third-order valence-electron chi connectivity index (χ3n) is 3.79. The Morgan fingerprint density at radius 3 is 2.52 bits per heavy atom. The number of halogens is 1. The minimum absolute atomic E-state index is 0.307. The monoisotopic (exact) mass is 307 g/mol. The van der Waals surface area contributed by atoms with Crippen molar-refractivity contribution in [3.63, 3.8) is 0 Å². The van der Waals surface area contributed by atoms with Crippen LogP contribution in [0.25, 0.3) is 0 Å². The summed E-state index contributed by atoms with van der Waals surface area (Å²) in [6, 6.07) is 4.01. The minimum Gasteiger partial charge on any atom is -0.496 e. The third-order valence-corrected chi connectivity index (χ3v) is 4.01. The lowest BCUT2D eigenvalue weighted by molar-refractivity contribution is 0.397. The average Bonchev–Trinajstić information content (AvgIpc) is 2.96. The fourth-order valence-electron chi connectivity index (χ4n) is 2.65. The molecule has 2 rings (SSSR count). The normalized spacial score (nSPS) is 12.7.